The second-order valence-corrected chi connectivity index (χ2v) is 6.70. The molecule has 0 spiro atoms. The van der Waals surface area contributed by atoms with Gasteiger partial charge < -0.3 is 10.1 Å². The van der Waals surface area contributed by atoms with Gasteiger partial charge >= 0.3 is 5.97 Å². The fourth-order valence-corrected chi connectivity index (χ4v) is 2.77. The number of amides is 1. The molecule has 1 amide bonds. The summed E-state index contributed by atoms with van der Waals surface area (Å²) in [5, 5.41) is 3.44. The third-order valence-electron chi connectivity index (χ3n) is 3.18. The Hall–Kier alpha value is -1.20. The predicted octanol–water partition coefficient (Wildman–Crippen LogP) is 4.44. The number of anilines is 1. The molecule has 1 rings (SSSR count). The second-order valence-electron chi connectivity index (χ2n) is 5.28. The van der Waals surface area contributed by atoms with Crippen LogP contribution in [-0.4, -0.2) is 30.0 Å². The van der Waals surface area contributed by atoms with Crippen molar-refractivity contribution in [2.24, 2.45) is 0 Å². The molecule has 0 aliphatic rings. The largest absolute Gasteiger partial charge is 0.465 e. The Balaban J connectivity index is 2.17. The van der Waals surface area contributed by atoms with Gasteiger partial charge in [0.2, 0.25) is 5.91 Å². The third-order valence-corrected chi connectivity index (χ3v) is 4.32. The lowest BCUT2D eigenvalue weighted by Gasteiger charge is -2.08. The van der Waals surface area contributed by atoms with Gasteiger partial charge in [0.1, 0.15) is 0 Å². The number of ether oxygens (including phenoxy) is 1. The lowest BCUT2D eigenvalue weighted by Crippen LogP contribution is -2.17. The lowest BCUT2D eigenvalue weighted by molar-refractivity contribution is -0.140. The molecule has 6 heteroatoms. The minimum atomic E-state index is -0.262. The van der Waals surface area contributed by atoms with Crippen LogP contribution in [0.3, 0.4) is 0 Å². The molecule has 4 nitrogen and oxygen atoms in total. The topological polar surface area (TPSA) is 55.4 Å². The molecule has 1 N–H and O–H groups in total. The van der Waals surface area contributed by atoms with Crippen molar-refractivity contribution >= 4 is 40.9 Å². The molecule has 0 aromatic heterocycles. The third kappa shape index (κ3) is 8.86. The number of nitrogens with one attached hydrogen (secondary N) is 1. The summed E-state index contributed by atoms with van der Waals surface area (Å²) >= 11 is 7.13. The zero-order valence-corrected chi connectivity index (χ0v) is 15.3. The van der Waals surface area contributed by atoms with Crippen LogP contribution in [0.15, 0.2) is 18.2 Å². The predicted molar refractivity (Wildman–Crippen MR) is 97.2 cm³/mol. The van der Waals surface area contributed by atoms with Gasteiger partial charge in [-0.15, -0.1) is 11.8 Å². The maximum absolute atomic E-state index is 11.8. The van der Waals surface area contributed by atoms with E-state index in [-0.39, 0.29) is 23.4 Å². The maximum atomic E-state index is 11.8. The molecule has 0 atom stereocenters. The smallest absolute Gasteiger partial charge is 0.315 e. The highest BCUT2D eigenvalue weighted by atomic mass is 35.5. The Kier molecular flexibility index (Phi) is 9.80. The highest BCUT2D eigenvalue weighted by molar-refractivity contribution is 8.00. The highest BCUT2D eigenvalue weighted by Gasteiger charge is 2.08. The molecule has 0 fully saturated rings. The van der Waals surface area contributed by atoms with Crippen LogP contribution in [0.4, 0.5) is 5.69 Å². The van der Waals surface area contributed by atoms with E-state index in [1.165, 1.54) is 11.8 Å². The molecule has 0 radical (unpaired) electrons. The maximum Gasteiger partial charge on any atom is 0.315 e. The summed E-state index contributed by atoms with van der Waals surface area (Å²) in [6.07, 6.45) is 4.31. The number of esters is 1. The van der Waals surface area contributed by atoms with Gasteiger partial charge in [0, 0.05) is 10.7 Å². The van der Waals surface area contributed by atoms with Crippen molar-refractivity contribution in [3.63, 3.8) is 0 Å². The molecule has 23 heavy (non-hydrogen) atoms. The van der Waals surface area contributed by atoms with E-state index in [0.29, 0.717) is 11.6 Å². The van der Waals surface area contributed by atoms with Crippen LogP contribution in [0.5, 0.6) is 0 Å². The summed E-state index contributed by atoms with van der Waals surface area (Å²) in [4.78, 5) is 23.4. The lowest BCUT2D eigenvalue weighted by atomic mass is 10.2. The fraction of sp³-hybridized carbons (Fsp3) is 0.529. The first-order chi connectivity index (χ1) is 11.0. The number of unbranched alkanes of at least 4 members (excludes halogenated alkanes) is 3. The number of thioether (sulfide) groups is 1. The molecule has 0 saturated heterocycles. The fourth-order valence-electron chi connectivity index (χ4n) is 1.94. The van der Waals surface area contributed by atoms with E-state index in [4.69, 9.17) is 16.3 Å². The molecule has 0 bridgehead atoms. The normalized spacial score (nSPS) is 10.4. The molecule has 0 heterocycles. The summed E-state index contributed by atoms with van der Waals surface area (Å²) in [5.74, 6) is 0.00601. The van der Waals surface area contributed by atoms with Gasteiger partial charge in [0.05, 0.1) is 18.1 Å². The first-order valence-corrected chi connectivity index (χ1v) is 9.35. The van der Waals surface area contributed by atoms with E-state index in [2.05, 4.69) is 12.2 Å². The zero-order chi connectivity index (χ0) is 17.1. The molecule has 128 valence electrons. The minimum Gasteiger partial charge on any atom is -0.465 e. The van der Waals surface area contributed by atoms with E-state index in [0.717, 1.165) is 36.9 Å². The van der Waals surface area contributed by atoms with Crippen LogP contribution < -0.4 is 5.32 Å². The standard InChI is InChI=1S/C17H24ClNO3S/c1-3-4-5-6-9-22-17(21)12-23-11-16(20)19-15-8-7-14(18)10-13(15)2/h7-8,10H,3-6,9,11-12H2,1-2H3,(H,19,20). The highest BCUT2D eigenvalue weighted by Crippen LogP contribution is 2.19. The Morgan fingerprint density at radius 3 is 2.70 bits per heavy atom. The SMILES string of the molecule is CCCCCCOC(=O)CSCC(=O)Nc1ccc(Cl)cc1C. The van der Waals surface area contributed by atoms with E-state index in [9.17, 15) is 9.59 Å². The van der Waals surface area contributed by atoms with Crippen molar-refractivity contribution in [3.8, 4) is 0 Å². The minimum absolute atomic E-state index is 0.142. The first kappa shape index (κ1) is 19.8. The van der Waals surface area contributed by atoms with Gasteiger partial charge in [-0.25, -0.2) is 0 Å². The Bertz CT molecular complexity index is 523. The van der Waals surface area contributed by atoms with Crippen molar-refractivity contribution in [1.29, 1.82) is 0 Å². The number of benzene rings is 1. The van der Waals surface area contributed by atoms with Crippen molar-refractivity contribution in [1.82, 2.24) is 0 Å². The van der Waals surface area contributed by atoms with E-state index in [1.54, 1.807) is 18.2 Å². The average Bonchev–Trinajstić information content (AvgIpc) is 2.50. The van der Waals surface area contributed by atoms with Crippen LogP contribution in [-0.2, 0) is 14.3 Å². The molecule has 1 aromatic rings. The molecule has 0 unspecified atom stereocenters. The Morgan fingerprint density at radius 2 is 2.00 bits per heavy atom. The quantitative estimate of drug-likeness (QED) is 0.496. The number of rotatable bonds is 10. The summed E-state index contributed by atoms with van der Waals surface area (Å²) in [6.45, 7) is 4.49. The summed E-state index contributed by atoms with van der Waals surface area (Å²) in [6, 6.07) is 5.29. The molecule has 1 aromatic carbocycles. The van der Waals surface area contributed by atoms with Crippen LogP contribution >= 0.6 is 23.4 Å². The van der Waals surface area contributed by atoms with Crippen molar-refractivity contribution in [3.05, 3.63) is 28.8 Å². The summed E-state index contributed by atoms with van der Waals surface area (Å²) in [5.41, 5.74) is 1.64. The first-order valence-electron chi connectivity index (χ1n) is 7.82. The van der Waals surface area contributed by atoms with Crippen molar-refractivity contribution in [2.75, 3.05) is 23.4 Å². The van der Waals surface area contributed by atoms with E-state index < -0.39 is 0 Å². The van der Waals surface area contributed by atoms with Gasteiger partial charge in [0.15, 0.2) is 0 Å². The van der Waals surface area contributed by atoms with Crippen LogP contribution in [0, 0.1) is 6.92 Å². The van der Waals surface area contributed by atoms with Crippen molar-refractivity contribution in [2.45, 2.75) is 39.5 Å². The Morgan fingerprint density at radius 1 is 1.22 bits per heavy atom. The van der Waals surface area contributed by atoms with E-state index >= 15 is 0 Å². The van der Waals surface area contributed by atoms with E-state index in [1.807, 2.05) is 6.92 Å². The average molecular weight is 358 g/mol. The summed E-state index contributed by atoms with van der Waals surface area (Å²) < 4.78 is 5.11. The van der Waals surface area contributed by atoms with Gasteiger partial charge in [-0.1, -0.05) is 37.8 Å². The zero-order valence-electron chi connectivity index (χ0n) is 13.7. The number of carbonyl (C=O) groups is 2. The number of carbonyl (C=O) groups excluding carboxylic acids is 2. The van der Waals surface area contributed by atoms with Crippen LogP contribution in [0.1, 0.15) is 38.2 Å². The molecule has 0 saturated carbocycles. The van der Waals surface area contributed by atoms with Gasteiger partial charge in [-0.3, -0.25) is 9.59 Å². The number of hydrogen-bond donors (Lipinski definition) is 1. The van der Waals surface area contributed by atoms with Gasteiger partial charge in [-0.05, 0) is 37.1 Å². The second kappa shape index (κ2) is 11.4. The van der Waals surface area contributed by atoms with Gasteiger partial charge in [-0.2, -0.15) is 0 Å². The number of aryl methyl sites for hydroxylation is 1. The number of hydrogen-bond acceptors (Lipinski definition) is 4. The van der Waals surface area contributed by atoms with Crippen molar-refractivity contribution < 1.29 is 14.3 Å². The number of halogens is 1. The molecule has 0 aliphatic carbocycles. The van der Waals surface area contributed by atoms with Crippen LogP contribution in [0.2, 0.25) is 5.02 Å². The van der Waals surface area contributed by atoms with Crippen LogP contribution in [0.25, 0.3) is 0 Å². The monoisotopic (exact) mass is 357 g/mol. The molecular weight excluding hydrogens is 334 g/mol. The molecular formula is C17H24ClNO3S. The Labute approximate surface area is 147 Å². The summed E-state index contributed by atoms with van der Waals surface area (Å²) in [7, 11) is 0. The molecule has 0 aliphatic heterocycles. The van der Waals surface area contributed by atoms with Gasteiger partial charge in [0.25, 0.3) is 0 Å².